The number of ketones is 1. The first-order valence-electron chi connectivity index (χ1n) is 11.0. The lowest BCUT2D eigenvalue weighted by molar-refractivity contribution is 0.104. The second kappa shape index (κ2) is 11.0. The second-order valence-electron chi connectivity index (χ2n) is 7.67. The first-order valence-corrected chi connectivity index (χ1v) is 11.0. The number of ether oxygens (including phenoxy) is 2. The second-order valence-corrected chi connectivity index (χ2v) is 7.67. The minimum Gasteiger partial charge on any atom is -0.496 e. The van der Waals surface area contributed by atoms with Crippen LogP contribution in [-0.4, -0.2) is 22.4 Å². The van der Waals surface area contributed by atoms with Crippen LogP contribution in [0, 0.1) is 0 Å². The molecule has 5 nitrogen and oxygen atoms in total. The fraction of sp³-hybridized carbons (Fsp3) is 0.103. The van der Waals surface area contributed by atoms with Gasteiger partial charge in [0.05, 0.1) is 13.4 Å². The molecular formula is C29H26N2O3. The van der Waals surface area contributed by atoms with Crippen molar-refractivity contribution >= 4 is 11.9 Å². The summed E-state index contributed by atoms with van der Waals surface area (Å²) in [6.07, 6.45) is 11.3. The van der Waals surface area contributed by atoms with Crippen LogP contribution >= 0.6 is 0 Å². The van der Waals surface area contributed by atoms with Gasteiger partial charge >= 0.3 is 0 Å². The van der Waals surface area contributed by atoms with Crippen LogP contribution in [0.2, 0.25) is 0 Å². The Hall–Kier alpha value is -4.38. The summed E-state index contributed by atoms with van der Waals surface area (Å²) in [5.74, 6) is 1.49. The van der Waals surface area contributed by atoms with Crippen LogP contribution in [0.1, 0.15) is 27.0 Å². The predicted molar refractivity (Wildman–Crippen MR) is 135 cm³/mol. The van der Waals surface area contributed by atoms with Crippen molar-refractivity contribution in [3.8, 4) is 17.2 Å². The molecule has 0 aliphatic rings. The Balaban J connectivity index is 1.46. The molecule has 34 heavy (non-hydrogen) atoms. The van der Waals surface area contributed by atoms with Crippen LogP contribution in [0.5, 0.6) is 11.5 Å². The van der Waals surface area contributed by atoms with Crippen molar-refractivity contribution in [1.29, 1.82) is 0 Å². The molecule has 0 radical (unpaired) electrons. The molecule has 0 atom stereocenters. The van der Waals surface area contributed by atoms with Crippen molar-refractivity contribution in [2.24, 2.45) is 0 Å². The van der Waals surface area contributed by atoms with Crippen molar-refractivity contribution in [2.45, 2.75) is 13.0 Å². The molecule has 0 aliphatic carbocycles. The summed E-state index contributed by atoms with van der Waals surface area (Å²) in [5, 5.41) is 0. The Bertz CT molecular complexity index is 1290. The maximum atomic E-state index is 12.7. The van der Waals surface area contributed by atoms with Gasteiger partial charge in [-0.3, -0.25) is 4.79 Å². The van der Waals surface area contributed by atoms with E-state index >= 15 is 0 Å². The average Bonchev–Trinajstić information content (AvgIpc) is 3.42. The number of imidazole rings is 1. The number of hydrogen-bond donors (Lipinski definition) is 0. The maximum absolute atomic E-state index is 12.7. The Morgan fingerprint density at radius 2 is 1.85 bits per heavy atom. The van der Waals surface area contributed by atoms with E-state index in [0.29, 0.717) is 12.2 Å². The van der Waals surface area contributed by atoms with Gasteiger partial charge in [-0.05, 0) is 66.1 Å². The number of para-hydroxylation sites is 1. The van der Waals surface area contributed by atoms with Crippen molar-refractivity contribution in [1.82, 2.24) is 9.55 Å². The number of nitrogens with zero attached hydrogens (tertiary/aromatic N) is 2. The van der Waals surface area contributed by atoms with E-state index < -0.39 is 0 Å². The zero-order valence-electron chi connectivity index (χ0n) is 19.1. The van der Waals surface area contributed by atoms with Crippen molar-refractivity contribution in [3.05, 3.63) is 126 Å². The highest BCUT2D eigenvalue weighted by Gasteiger charge is 2.08. The normalized spacial score (nSPS) is 10.9. The van der Waals surface area contributed by atoms with E-state index in [9.17, 15) is 4.79 Å². The maximum Gasteiger partial charge on any atom is 0.185 e. The molecule has 0 aliphatic heterocycles. The van der Waals surface area contributed by atoms with Crippen LogP contribution < -0.4 is 9.47 Å². The molecule has 0 amide bonds. The minimum absolute atomic E-state index is 0.0656. The molecule has 0 saturated carbocycles. The van der Waals surface area contributed by atoms with Gasteiger partial charge in [-0.25, -0.2) is 4.98 Å². The molecule has 0 fully saturated rings. The van der Waals surface area contributed by atoms with Crippen LogP contribution in [0.4, 0.5) is 0 Å². The molecule has 5 heteroatoms. The van der Waals surface area contributed by atoms with Gasteiger partial charge in [-0.15, -0.1) is 6.58 Å². The number of aromatic nitrogens is 2. The number of benzene rings is 3. The van der Waals surface area contributed by atoms with Gasteiger partial charge in [0, 0.05) is 29.2 Å². The van der Waals surface area contributed by atoms with Gasteiger partial charge in [0.2, 0.25) is 0 Å². The lowest BCUT2D eigenvalue weighted by Crippen LogP contribution is -2.01. The first-order chi connectivity index (χ1) is 16.7. The molecule has 0 unspecified atom stereocenters. The molecule has 0 N–H and O–H groups in total. The third-order valence-corrected chi connectivity index (χ3v) is 5.41. The van der Waals surface area contributed by atoms with E-state index in [4.69, 9.17) is 9.47 Å². The van der Waals surface area contributed by atoms with E-state index in [0.717, 1.165) is 40.3 Å². The first kappa shape index (κ1) is 22.8. The molecule has 3 aromatic carbocycles. The summed E-state index contributed by atoms with van der Waals surface area (Å²) in [5.41, 5.74) is 4.44. The van der Waals surface area contributed by atoms with Gasteiger partial charge in [-0.2, -0.15) is 0 Å². The fourth-order valence-corrected chi connectivity index (χ4v) is 3.62. The smallest absolute Gasteiger partial charge is 0.185 e. The number of rotatable bonds is 10. The molecule has 0 spiro atoms. The van der Waals surface area contributed by atoms with Crippen LogP contribution in [-0.2, 0) is 13.0 Å². The Labute approximate surface area is 199 Å². The topological polar surface area (TPSA) is 53.4 Å². The van der Waals surface area contributed by atoms with Crippen molar-refractivity contribution in [3.63, 3.8) is 0 Å². The Morgan fingerprint density at radius 3 is 2.59 bits per heavy atom. The quantitative estimate of drug-likeness (QED) is 0.167. The third-order valence-electron chi connectivity index (χ3n) is 5.41. The van der Waals surface area contributed by atoms with Crippen molar-refractivity contribution in [2.75, 3.05) is 7.11 Å². The zero-order chi connectivity index (χ0) is 23.8. The van der Waals surface area contributed by atoms with E-state index in [-0.39, 0.29) is 5.78 Å². The molecule has 4 rings (SSSR count). The SMILES string of the molecule is C=CCc1ccccc1OCc1cc(/C=C/C(=O)c2ccc(-n3ccnc3)cc2)ccc1OC. The van der Waals surface area contributed by atoms with Crippen LogP contribution in [0.15, 0.2) is 104 Å². The van der Waals surface area contributed by atoms with Gasteiger partial charge < -0.3 is 14.0 Å². The van der Waals surface area contributed by atoms with E-state index in [2.05, 4.69) is 11.6 Å². The predicted octanol–water partition coefficient (Wildman–Crippen LogP) is 6.08. The highest BCUT2D eigenvalue weighted by molar-refractivity contribution is 6.06. The summed E-state index contributed by atoms with van der Waals surface area (Å²) in [7, 11) is 1.64. The minimum atomic E-state index is -0.0656. The van der Waals surface area contributed by atoms with Gasteiger partial charge in [0.15, 0.2) is 5.78 Å². The van der Waals surface area contributed by atoms with Crippen LogP contribution in [0.3, 0.4) is 0 Å². The van der Waals surface area contributed by atoms with E-state index in [1.807, 2.05) is 83.6 Å². The highest BCUT2D eigenvalue weighted by atomic mass is 16.5. The largest absolute Gasteiger partial charge is 0.496 e. The lowest BCUT2D eigenvalue weighted by atomic mass is 10.1. The Morgan fingerprint density at radius 1 is 1.03 bits per heavy atom. The third kappa shape index (κ3) is 5.51. The Kier molecular flexibility index (Phi) is 7.35. The number of methoxy groups -OCH3 is 1. The summed E-state index contributed by atoms with van der Waals surface area (Å²) < 4.78 is 13.5. The molecule has 4 aromatic rings. The monoisotopic (exact) mass is 450 g/mol. The molecule has 1 aromatic heterocycles. The van der Waals surface area contributed by atoms with Crippen molar-refractivity contribution < 1.29 is 14.3 Å². The highest BCUT2D eigenvalue weighted by Crippen LogP contribution is 2.25. The number of carbonyl (C=O) groups is 1. The van der Waals surface area contributed by atoms with Gasteiger partial charge in [0.1, 0.15) is 18.1 Å². The standard InChI is InChI=1S/C29H26N2O3/c1-3-6-24-7-4-5-8-29(24)34-20-25-19-22(10-16-28(25)33-2)9-15-27(32)23-11-13-26(14-12-23)31-18-17-30-21-31/h3-5,7-19,21H,1,6,20H2,2H3/b15-9+. The summed E-state index contributed by atoms with van der Waals surface area (Å²) >= 11 is 0. The fourth-order valence-electron chi connectivity index (χ4n) is 3.62. The molecular weight excluding hydrogens is 424 g/mol. The molecule has 1 heterocycles. The number of hydrogen-bond acceptors (Lipinski definition) is 4. The number of allylic oxidation sites excluding steroid dienone is 2. The lowest BCUT2D eigenvalue weighted by Gasteiger charge is -2.13. The summed E-state index contributed by atoms with van der Waals surface area (Å²) in [6, 6.07) is 21.1. The molecule has 170 valence electrons. The van der Waals surface area contributed by atoms with Gasteiger partial charge in [0.25, 0.3) is 0 Å². The van der Waals surface area contributed by atoms with Crippen LogP contribution in [0.25, 0.3) is 11.8 Å². The average molecular weight is 451 g/mol. The molecule has 0 bridgehead atoms. The number of carbonyl (C=O) groups excluding carboxylic acids is 1. The van der Waals surface area contributed by atoms with E-state index in [1.165, 1.54) is 0 Å². The van der Waals surface area contributed by atoms with E-state index in [1.54, 1.807) is 31.8 Å². The molecule has 0 saturated heterocycles. The summed E-state index contributed by atoms with van der Waals surface area (Å²) in [6.45, 7) is 4.16. The summed E-state index contributed by atoms with van der Waals surface area (Å²) in [4.78, 5) is 16.7. The zero-order valence-corrected chi connectivity index (χ0v) is 19.1. The van der Waals surface area contributed by atoms with Gasteiger partial charge in [-0.1, -0.05) is 36.4 Å².